The normalized spacial score (nSPS) is 20.7. The molecular formula is C21H31N3O2. The van der Waals surface area contributed by atoms with Crippen molar-refractivity contribution in [1.82, 2.24) is 14.5 Å². The van der Waals surface area contributed by atoms with Crippen molar-refractivity contribution in [2.45, 2.75) is 58.5 Å². The van der Waals surface area contributed by atoms with Crippen molar-refractivity contribution in [2.24, 2.45) is 5.92 Å². The van der Waals surface area contributed by atoms with Crippen LogP contribution < -0.4 is 0 Å². The molecule has 0 amide bonds. The number of imidazole rings is 1. The molecule has 2 aliphatic heterocycles. The highest BCUT2D eigenvalue weighted by Gasteiger charge is 2.25. The van der Waals surface area contributed by atoms with E-state index in [1.165, 1.54) is 24.4 Å². The fourth-order valence-corrected chi connectivity index (χ4v) is 4.37. The molecule has 0 spiro atoms. The Morgan fingerprint density at radius 2 is 1.85 bits per heavy atom. The molecule has 0 unspecified atom stereocenters. The van der Waals surface area contributed by atoms with Crippen LogP contribution in [0.4, 0.5) is 0 Å². The Bertz CT molecular complexity index is 707. The molecule has 2 fully saturated rings. The second-order valence-electron chi connectivity index (χ2n) is 7.99. The van der Waals surface area contributed by atoms with Gasteiger partial charge < -0.3 is 13.7 Å². The molecule has 2 aromatic rings. The van der Waals surface area contributed by atoms with Gasteiger partial charge in [-0.1, -0.05) is 0 Å². The fraction of sp³-hybridized carbons (Fsp3) is 0.667. The van der Waals surface area contributed by atoms with Crippen LogP contribution in [0.5, 0.6) is 0 Å². The van der Waals surface area contributed by atoms with E-state index < -0.39 is 0 Å². The number of piperidine rings is 1. The number of hydrogen-bond donors (Lipinski definition) is 0. The molecular weight excluding hydrogens is 326 g/mol. The summed E-state index contributed by atoms with van der Waals surface area (Å²) >= 11 is 0. The predicted octanol–water partition coefficient (Wildman–Crippen LogP) is 3.90. The molecule has 0 bridgehead atoms. The van der Waals surface area contributed by atoms with Gasteiger partial charge in [-0.2, -0.15) is 0 Å². The van der Waals surface area contributed by atoms with Gasteiger partial charge in [-0.05, 0) is 70.7 Å². The molecule has 2 saturated heterocycles. The summed E-state index contributed by atoms with van der Waals surface area (Å²) in [6.45, 7) is 10.3. The minimum Gasteiger partial charge on any atom is -0.465 e. The molecule has 2 aromatic heterocycles. The van der Waals surface area contributed by atoms with Gasteiger partial charge in [-0.25, -0.2) is 4.98 Å². The number of ether oxygens (including phenoxy) is 1. The molecule has 4 heterocycles. The molecule has 0 radical (unpaired) electrons. The Labute approximate surface area is 156 Å². The number of likely N-dealkylation sites (tertiary alicyclic amines) is 1. The van der Waals surface area contributed by atoms with Crippen LogP contribution in [0.15, 0.2) is 22.7 Å². The maximum Gasteiger partial charge on any atom is 0.118 e. The zero-order valence-electron chi connectivity index (χ0n) is 16.1. The van der Waals surface area contributed by atoms with Crippen LogP contribution in [0.3, 0.4) is 0 Å². The third-order valence-electron chi connectivity index (χ3n) is 6.00. The first-order valence-electron chi connectivity index (χ1n) is 10.1. The summed E-state index contributed by atoms with van der Waals surface area (Å²) in [5.74, 6) is 4.70. The third-order valence-corrected chi connectivity index (χ3v) is 6.00. The van der Waals surface area contributed by atoms with E-state index in [1.54, 1.807) is 0 Å². The van der Waals surface area contributed by atoms with E-state index in [2.05, 4.69) is 34.7 Å². The molecule has 5 nitrogen and oxygen atoms in total. The van der Waals surface area contributed by atoms with Gasteiger partial charge in [0, 0.05) is 37.6 Å². The molecule has 0 N–H and O–H groups in total. The van der Waals surface area contributed by atoms with E-state index in [1.807, 2.05) is 6.92 Å². The molecule has 0 aliphatic carbocycles. The highest BCUT2D eigenvalue weighted by Crippen LogP contribution is 2.29. The molecule has 0 atom stereocenters. The summed E-state index contributed by atoms with van der Waals surface area (Å²) in [7, 11) is 0. The number of aryl methyl sites for hydroxylation is 2. The first kappa shape index (κ1) is 17.8. The van der Waals surface area contributed by atoms with Crippen molar-refractivity contribution in [3.05, 3.63) is 41.4 Å². The zero-order valence-corrected chi connectivity index (χ0v) is 16.1. The number of rotatable bonds is 5. The summed E-state index contributed by atoms with van der Waals surface area (Å²) in [6, 6.07) is 4.16. The van der Waals surface area contributed by atoms with Gasteiger partial charge in [0.25, 0.3) is 0 Å². The average Bonchev–Trinajstić information content (AvgIpc) is 3.23. The van der Waals surface area contributed by atoms with Gasteiger partial charge in [0.2, 0.25) is 0 Å². The SMILES string of the molecule is Cc1ccc(CN2CCC(Cn3c(C)cnc3C3CCOCC3)CC2)o1. The van der Waals surface area contributed by atoms with Crippen LogP contribution in [0.25, 0.3) is 0 Å². The Hall–Kier alpha value is -1.59. The highest BCUT2D eigenvalue weighted by molar-refractivity contribution is 5.09. The smallest absolute Gasteiger partial charge is 0.118 e. The average molecular weight is 357 g/mol. The van der Waals surface area contributed by atoms with E-state index in [-0.39, 0.29) is 0 Å². The first-order valence-corrected chi connectivity index (χ1v) is 10.1. The molecule has 142 valence electrons. The van der Waals surface area contributed by atoms with Crippen LogP contribution >= 0.6 is 0 Å². The van der Waals surface area contributed by atoms with Crippen molar-refractivity contribution in [1.29, 1.82) is 0 Å². The summed E-state index contributed by atoms with van der Waals surface area (Å²) in [5, 5.41) is 0. The monoisotopic (exact) mass is 357 g/mol. The van der Waals surface area contributed by atoms with Gasteiger partial charge in [-0.3, -0.25) is 4.90 Å². The lowest BCUT2D eigenvalue weighted by Gasteiger charge is -2.32. The molecule has 5 heteroatoms. The highest BCUT2D eigenvalue weighted by atomic mass is 16.5. The van der Waals surface area contributed by atoms with E-state index in [0.717, 1.165) is 69.7 Å². The van der Waals surface area contributed by atoms with Gasteiger partial charge in [0.05, 0.1) is 6.54 Å². The Morgan fingerprint density at radius 1 is 1.08 bits per heavy atom. The van der Waals surface area contributed by atoms with Crippen LogP contribution in [-0.4, -0.2) is 40.8 Å². The van der Waals surface area contributed by atoms with Crippen LogP contribution in [0, 0.1) is 19.8 Å². The topological polar surface area (TPSA) is 43.4 Å². The van der Waals surface area contributed by atoms with Crippen LogP contribution in [0.1, 0.15) is 54.6 Å². The lowest BCUT2D eigenvalue weighted by molar-refractivity contribution is 0.0822. The van der Waals surface area contributed by atoms with Crippen molar-refractivity contribution >= 4 is 0 Å². The van der Waals surface area contributed by atoms with E-state index in [9.17, 15) is 0 Å². The van der Waals surface area contributed by atoms with Crippen molar-refractivity contribution in [3.63, 3.8) is 0 Å². The summed E-state index contributed by atoms with van der Waals surface area (Å²) in [6.07, 6.45) is 6.78. The summed E-state index contributed by atoms with van der Waals surface area (Å²) < 4.78 is 13.8. The predicted molar refractivity (Wildman–Crippen MR) is 101 cm³/mol. The van der Waals surface area contributed by atoms with Crippen molar-refractivity contribution < 1.29 is 9.15 Å². The minimum absolute atomic E-state index is 0.569. The second kappa shape index (κ2) is 7.97. The number of nitrogens with zero attached hydrogens (tertiary/aromatic N) is 3. The molecule has 2 aliphatic rings. The first-order chi connectivity index (χ1) is 12.7. The maximum absolute atomic E-state index is 5.73. The van der Waals surface area contributed by atoms with Crippen LogP contribution in [0.2, 0.25) is 0 Å². The molecule has 26 heavy (non-hydrogen) atoms. The fourth-order valence-electron chi connectivity index (χ4n) is 4.37. The maximum atomic E-state index is 5.73. The Morgan fingerprint density at radius 3 is 2.54 bits per heavy atom. The van der Waals surface area contributed by atoms with Gasteiger partial charge >= 0.3 is 0 Å². The lowest BCUT2D eigenvalue weighted by atomic mass is 9.95. The second-order valence-corrected chi connectivity index (χ2v) is 7.99. The summed E-state index contributed by atoms with van der Waals surface area (Å²) in [4.78, 5) is 7.29. The molecule has 4 rings (SSSR count). The minimum atomic E-state index is 0.569. The van der Waals surface area contributed by atoms with E-state index >= 15 is 0 Å². The molecule has 0 aromatic carbocycles. The van der Waals surface area contributed by atoms with Gasteiger partial charge in [0.15, 0.2) is 0 Å². The third kappa shape index (κ3) is 4.04. The standard InChI is InChI=1S/C21H31N3O2/c1-16-13-22-21(19-7-11-25-12-8-19)24(16)14-18-5-9-23(10-6-18)15-20-4-3-17(2)26-20/h3-4,13,18-19H,5-12,14-15H2,1-2H3. The van der Waals surface area contributed by atoms with E-state index in [4.69, 9.17) is 14.1 Å². The Kier molecular flexibility index (Phi) is 5.46. The zero-order chi connectivity index (χ0) is 17.9. The number of aromatic nitrogens is 2. The van der Waals surface area contributed by atoms with Gasteiger partial charge in [-0.15, -0.1) is 0 Å². The van der Waals surface area contributed by atoms with E-state index in [0.29, 0.717) is 5.92 Å². The number of furan rings is 1. The van der Waals surface area contributed by atoms with Gasteiger partial charge in [0.1, 0.15) is 17.3 Å². The van der Waals surface area contributed by atoms with Crippen molar-refractivity contribution in [2.75, 3.05) is 26.3 Å². The Balaban J connectivity index is 1.33. The number of hydrogen-bond acceptors (Lipinski definition) is 4. The summed E-state index contributed by atoms with van der Waals surface area (Å²) in [5.41, 5.74) is 1.31. The van der Waals surface area contributed by atoms with Crippen molar-refractivity contribution in [3.8, 4) is 0 Å². The van der Waals surface area contributed by atoms with Crippen LogP contribution in [-0.2, 0) is 17.8 Å². The largest absolute Gasteiger partial charge is 0.465 e. The molecule has 0 saturated carbocycles. The quantitative estimate of drug-likeness (QED) is 0.814. The lowest BCUT2D eigenvalue weighted by Crippen LogP contribution is -2.35.